The zero-order valence-electron chi connectivity index (χ0n) is 11.5. The molecule has 20 heavy (non-hydrogen) atoms. The van der Waals surface area contributed by atoms with Crippen molar-refractivity contribution in [3.05, 3.63) is 28.3 Å². The van der Waals surface area contributed by atoms with Gasteiger partial charge in [-0.3, -0.25) is 15.0 Å². The van der Waals surface area contributed by atoms with Crippen LogP contribution in [0.15, 0.2) is 18.2 Å². The first-order valence-electron chi connectivity index (χ1n) is 6.57. The molecule has 2 rings (SSSR count). The highest BCUT2D eigenvalue weighted by atomic mass is 32.2. The zero-order valence-corrected chi connectivity index (χ0v) is 12.3. The third-order valence-corrected chi connectivity index (χ3v) is 4.18. The Morgan fingerprint density at radius 2 is 2.20 bits per heavy atom. The molecule has 1 aliphatic heterocycles. The number of nitrogens with one attached hydrogen (secondary N) is 1. The molecule has 0 spiro atoms. The molecule has 0 aliphatic carbocycles. The lowest BCUT2D eigenvalue weighted by Gasteiger charge is -2.26. The maximum atomic E-state index is 10.8. The zero-order chi connectivity index (χ0) is 14.4. The molecule has 0 atom stereocenters. The maximum absolute atomic E-state index is 10.8. The third-order valence-electron chi connectivity index (χ3n) is 3.24. The van der Waals surface area contributed by atoms with Crippen LogP contribution >= 0.6 is 11.8 Å². The molecule has 0 saturated carbocycles. The average Bonchev–Trinajstić information content (AvgIpc) is 2.48. The Bertz CT molecular complexity index is 464. The van der Waals surface area contributed by atoms with Gasteiger partial charge < -0.3 is 10.1 Å². The van der Waals surface area contributed by atoms with Crippen molar-refractivity contribution < 1.29 is 9.66 Å². The van der Waals surface area contributed by atoms with Crippen LogP contribution in [0, 0.1) is 10.1 Å². The number of hydrogen-bond acceptors (Lipinski definition) is 6. The predicted octanol–water partition coefficient (Wildman–Crippen LogP) is 2.06. The van der Waals surface area contributed by atoms with E-state index in [0.717, 1.165) is 31.9 Å². The van der Waals surface area contributed by atoms with Crippen LogP contribution in [0.25, 0.3) is 0 Å². The van der Waals surface area contributed by atoms with Gasteiger partial charge in [-0.05, 0) is 6.07 Å². The lowest BCUT2D eigenvalue weighted by molar-refractivity contribution is -0.385. The second-order valence-electron chi connectivity index (χ2n) is 4.52. The molecule has 1 aliphatic rings. The molecular formula is C13H19N3O3S. The smallest absolute Gasteiger partial charge is 0.311 e. The summed E-state index contributed by atoms with van der Waals surface area (Å²) in [6.45, 7) is 4.08. The Hall–Kier alpha value is -1.47. The number of thioether (sulfide) groups is 1. The number of nitrogens with zero attached hydrogens (tertiary/aromatic N) is 2. The fourth-order valence-electron chi connectivity index (χ4n) is 2.12. The van der Waals surface area contributed by atoms with Crippen LogP contribution < -0.4 is 10.1 Å². The van der Waals surface area contributed by atoms with Crippen molar-refractivity contribution in [2.45, 2.75) is 0 Å². The summed E-state index contributed by atoms with van der Waals surface area (Å²) in [4.78, 5) is 12.8. The van der Waals surface area contributed by atoms with Gasteiger partial charge in [-0.15, -0.1) is 0 Å². The van der Waals surface area contributed by atoms with E-state index >= 15 is 0 Å². The highest BCUT2D eigenvalue weighted by molar-refractivity contribution is 7.99. The molecule has 1 fully saturated rings. The lowest BCUT2D eigenvalue weighted by Crippen LogP contribution is -2.36. The normalized spacial score (nSPS) is 15.8. The van der Waals surface area contributed by atoms with Gasteiger partial charge in [-0.25, -0.2) is 0 Å². The fraction of sp³-hybridized carbons (Fsp3) is 0.538. The summed E-state index contributed by atoms with van der Waals surface area (Å²) in [6.07, 6.45) is 0. The molecule has 1 N–H and O–H groups in total. The number of nitro benzene ring substituents is 1. The number of benzene rings is 1. The van der Waals surface area contributed by atoms with E-state index in [9.17, 15) is 10.1 Å². The van der Waals surface area contributed by atoms with Crippen LogP contribution in [-0.4, -0.2) is 54.6 Å². The Balaban J connectivity index is 1.87. The van der Waals surface area contributed by atoms with Gasteiger partial charge in [0.05, 0.1) is 12.0 Å². The highest BCUT2D eigenvalue weighted by Crippen LogP contribution is 2.29. The molecule has 6 nitrogen and oxygen atoms in total. The first kappa shape index (κ1) is 14.9. The number of methoxy groups -OCH3 is 1. The van der Waals surface area contributed by atoms with E-state index in [-0.39, 0.29) is 11.4 Å². The van der Waals surface area contributed by atoms with Gasteiger partial charge in [-0.1, -0.05) is 0 Å². The minimum atomic E-state index is -0.436. The molecule has 110 valence electrons. The Kier molecular flexibility index (Phi) is 5.49. The summed E-state index contributed by atoms with van der Waals surface area (Å²) < 4.78 is 5.05. The molecule has 1 aromatic carbocycles. The van der Waals surface area contributed by atoms with Crippen LogP contribution in [0.3, 0.4) is 0 Å². The standard InChI is InChI=1S/C13H19N3O3S/c1-19-13-10-11(2-3-12(13)16(17)18)14-4-5-15-6-8-20-9-7-15/h2-3,10,14H,4-9H2,1H3. The molecule has 0 radical (unpaired) electrons. The molecule has 0 amide bonds. The predicted molar refractivity (Wildman–Crippen MR) is 81.9 cm³/mol. The number of anilines is 1. The third kappa shape index (κ3) is 4.01. The first-order chi connectivity index (χ1) is 9.70. The Morgan fingerprint density at radius 3 is 2.85 bits per heavy atom. The topological polar surface area (TPSA) is 67.6 Å². The van der Waals surface area contributed by atoms with Crippen LogP contribution in [-0.2, 0) is 0 Å². The van der Waals surface area contributed by atoms with Gasteiger partial charge in [-0.2, -0.15) is 11.8 Å². The van der Waals surface area contributed by atoms with Crippen molar-refractivity contribution in [2.75, 3.05) is 50.1 Å². The second-order valence-corrected chi connectivity index (χ2v) is 5.75. The van der Waals surface area contributed by atoms with Gasteiger partial charge in [0, 0.05) is 55.5 Å². The molecule has 1 saturated heterocycles. The fourth-order valence-corrected chi connectivity index (χ4v) is 3.10. The summed E-state index contributed by atoms with van der Waals surface area (Å²) in [5, 5.41) is 14.1. The average molecular weight is 297 g/mol. The van der Waals surface area contributed by atoms with Gasteiger partial charge in [0.15, 0.2) is 5.75 Å². The van der Waals surface area contributed by atoms with Crippen molar-refractivity contribution in [3.63, 3.8) is 0 Å². The van der Waals surface area contributed by atoms with Crippen molar-refractivity contribution in [3.8, 4) is 5.75 Å². The van der Waals surface area contributed by atoms with E-state index in [1.54, 1.807) is 12.1 Å². The SMILES string of the molecule is COc1cc(NCCN2CCSCC2)ccc1[N+](=O)[O-]. The monoisotopic (exact) mass is 297 g/mol. The van der Waals surface area contributed by atoms with E-state index < -0.39 is 4.92 Å². The van der Waals surface area contributed by atoms with Crippen LogP contribution in [0.2, 0.25) is 0 Å². The second kappa shape index (κ2) is 7.35. The molecule has 1 heterocycles. The number of ether oxygens (including phenoxy) is 1. The molecule has 0 bridgehead atoms. The largest absolute Gasteiger partial charge is 0.490 e. The number of hydrogen-bond donors (Lipinski definition) is 1. The Morgan fingerprint density at radius 1 is 1.45 bits per heavy atom. The van der Waals surface area contributed by atoms with Crippen molar-refractivity contribution in [2.24, 2.45) is 0 Å². The van der Waals surface area contributed by atoms with Crippen molar-refractivity contribution in [1.82, 2.24) is 4.90 Å². The number of nitro groups is 1. The number of rotatable bonds is 6. The van der Waals surface area contributed by atoms with Crippen molar-refractivity contribution >= 4 is 23.1 Å². The molecule has 0 unspecified atom stereocenters. The summed E-state index contributed by atoms with van der Waals surface area (Å²) in [5.41, 5.74) is 0.838. The molecule has 1 aromatic rings. The van der Waals surface area contributed by atoms with E-state index in [4.69, 9.17) is 4.74 Å². The van der Waals surface area contributed by atoms with Crippen LogP contribution in [0.1, 0.15) is 0 Å². The van der Waals surface area contributed by atoms with Gasteiger partial charge >= 0.3 is 5.69 Å². The van der Waals surface area contributed by atoms with E-state index in [1.807, 2.05) is 11.8 Å². The summed E-state index contributed by atoms with van der Waals surface area (Å²) in [5.74, 6) is 2.69. The summed E-state index contributed by atoms with van der Waals surface area (Å²) >= 11 is 2.00. The highest BCUT2D eigenvalue weighted by Gasteiger charge is 2.15. The van der Waals surface area contributed by atoms with E-state index in [0.29, 0.717) is 0 Å². The minimum absolute atomic E-state index is 0.00824. The minimum Gasteiger partial charge on any atom is -0.490 e. The summed E-state index contributed by atoms with van der Waals surface area (Å²) in [7, 11) is 1.44. The molecule has 0 aromatic heterocycles. The van der Waals surface area contributed by atoms with E-state index in [2.05, 4.69) is 10.2 Å². The molecule has 7 heteroatoms. The van der Waals surface area contributed by atoms with Gasteiger partial charge in [0.25, 0.3) is 0 Å². The van der Waals surface area contributed by atoms with E-state index in [1.165, 1.54) is 24.7 Å². The Labute approximate surface area is 122 Å². The van der Waals surface area contributed by atoms with Gasteiger partial charge in [0.2, 0.25) is 0 Å². The maximum Gasteiger partial charge on any atom is 0.311 e. The quantitative estimate of drug-likeness (QED) is 0.640. The summed E-state index contributed by atoms with van der Waals surface area (Å²) in [6, 6.07) is 4.86. The van der Waals surface area contributed by atoms with Crippen LogP contribution in [0.4, 0.5) is 11.4 Å². The lowest BCUT2D eigenvalue weighted by atomic mass is 10.2. The first-order valence-corrected chi connectivity index (χ1v) is 7.72. The van der Waals surface area contributed by atoms with Crippen LogP contribution in [0.5, 0.6) is 5.75 Å². The van der Waals surface area contributed by atoms with Gasteiger partial charge in [0.1, 0.15) is 0 Å². The molecular weight excluding hydrogens is 278 g/mol. The van der Waals surface area contributed by atoms with Crippen molar-refractivity contribution in [1.29, 1.82) is 0 Å².